The molecule has 1 aliphatic carbocycles. The highest BCUT2D eigenvalue weighted by atomic mass is 16.6. The maximum absolute atomic E-state index is 11.9. The molecule has 3 aromatic rings. The lowest BCUT2D eigenvalue weighted by molar-refractivity contribution is 0.0363. The van der Waals surface area contributed by atoms with Gasteiger partial charge in [-0.1, -0.05) is 38.1 Å². The zero-order chi connectivity index (χ0) is 25.1. The molecule has 1 N–H and O–H groups in total. The Morgan fingerprint density at radius 2 is 1.37 bits per heavy atom. The molecule has 0 bridgehead atoms. The maximum atomic E-state index is 11.9. The van der Waals surface area contributed by atoms with Crippen molar-refractivity contribution in [1.82, 2.24) is 15.3 Å². The average molecular weight is 476 g/mol. The average Bonchev–Trinajstić information content (AvgIpc) is 2.78. The van der Waals surface area contributed by atoms with Gasteiger partial charge in [-0.15, -0.1) is 0 Å². The van der Waals surface area contributed by atoms with E-state index in [1.165, 1.54) is 17.5 Å². The van der Waals surface area contributed by atoms with Crippen LogP contribution >= 0.6 is 0 Å². The molecule has 1 saturated carbocycles. The smallest absolute Gasteiger partial charge is 0.407 e. The van der Waals surface area contributed by atoms with Gasteiger partial charge in [-0.05, 0) is 56.2 Å². The highest BCUT2D eigenvalue weighted by Crippen LogP contribution is 2.34. The van der Waals surface area contributed by atoms with E-state index in [0.717, 1.165) is 24.3 Å². The Bertz CT molecular complexity index is 1120. The lowest BCUT2D eigenvalue weighted by atomic mass is 9.78. The van der Waals surface area contributed by atoms with E-state index >= 15 is 0 Å². The molecule has 2 aromatic carbocycles. The van der Waals surface area contributed by atoms with Crippen molar-refractivity contribution < 1.29 is 19.0 Å². The molecule has 0 aliphatic heterocycles. The second kappa shape index (κ2) is 9.94. The summed E-state index contributed by atoms with van der Waals surface area (Å²) in [6.07, 6.45) is 6.01. The number of benzene rings is 2. The second-order valence-electron chi connectivity index (χ2n) is 10.4. The molecular weight excluding hydrogens is 442 g/mol. The summed E-state index contributed by atoms with van der Waals surface area (Å²) in [6.45, 7) is 9.96. The Labute approximate surface area is 206 Å². The number of nitrogens with one attached hydrogen (secondary N) is 1. The van der Waals surface area contributed by atoms with E-state index in [0.29, 0.717) is 5.75 Å². The van der Waals surface area contributed by atoms with Crippen molar-refractivity contribution in [1.29, 1.82) is 0 Å². The largest absolute Gasteiger partial charge is 0.490 e. The predicted molar refractivity (Wildman–Crippen MR) is 134 cm³/mol. The molecule has 1 aliphatic rings. The molecular formula is C28H33N3O4. The van der Waals surface area contributed by atoms with Crippen molar-refractivity contribution in [2.75, 3.05) is 0 Å². The van der Waals surface area contributed by atoms with E-state index in [2.05, 4.69) is 53.4 Å². The van der Waals surface area contributed by atoms with Crippen molar-refractivity contribution in [3.05, 3.63) is 78.4 Å². The minimum absolute atomic E-state index is 0.0921. The molecule has 0 unspecified atom stereocenters. The Kier molecular flexibility index (Phi) is 6.96. The first-order chi connectivity index (χ1) is 16.6. The Morgan fingerprint density at radius 1 is 0.829 bits per heavy atom. The Hall–Kier alpha value is -3.61. The van der Waals surface area contributed by atoms with Crippen molar-refractivity contribution in [2.45, 2.75) is 70.6 Å². The van der Waals surface area contributed by atoms with Crippen LogP contribution in [0.15, 0.2) is 67.3 Å². The topological polar surface area (TPSA) is 82.6 Å². The number of amides is 1. The number of carbonyl (C=O) groups is 1. The van der Waals surface area contributed by atoms with Gasteiger partial charge in [0.05, 0.1) is 12.4 Å². The Balaban J connectivity index is 1.30. The SMILES string of the molecule is CC(C)(C)OC(=O)N[C@H]1C[C@H](Oc2ccc(C(C)(C)c3ccc(Oc4cncnc4)cc3)cc2)C1. The molecule has 1 aromatic heterocycles. The number of hydrogen-bond acceptors (Lipinski definition) is 6. The van der Waals surface area contributed by atoms with E-state index in [-0.39, 0.29) is 23.7 Å². The van der Waals surface area contributed by atoms with Crippen molar-refractivity contribution >= 4 is 6.09 Å². The number of rotatable bonds is 7. The van der Waals surface area contributed by atoms with Gasteiger partial charge in [0.15, 0.2) is 5.75 Å². The quantitative estimate of drug-likeness (QED) is 0.449. The first-order valence-electron chi connectivity index (χ1n) is 11.9. The van der Waals surface area contributed by atoms with Gasteiger partial charge in [0.2, 0.25) is 0 Å². The van der Waals surface area contributed by atoms with Gasteiger partial charge in [0.1, 0.15) is 29.5 Å². The summed E-state index contributed by atoms with van der Waals surface area (Å²) >= 11 is 0. The number of carbonyl (C=O) groups excluding carboxylic acids is 1. The predicted octanol–water partition coefficient (Wildman–Crippen LogP) is 6.03. The molecule has 0 spiro atoms. The van der Waals surface area contributed by atoms with Crippen LogP contribution in [0.3, 0.4) is 0 Å². The zero-order valence-electron chi connectivity index (χ0n) is 20.9. The van der Waals surface area contributed by atoms with Gasteiger partial charge in [-0.3, -0.25) is 0 Å². The molecule has 7 nitrogen and oxygen atoms in total. The first kappa shape index (κ1) is 24.5. The molecule has 1 amide bonds. The number of aromatic nitrogens is 2. The highest BCUT2D eigenvalue weighted by Gasteiger charge is 2.33. The van der Waals surface area contributed by atoms with Gasteiger partial charge in [-0.2, -0.15) is 0 Å². The maximum Gasteiger partial charge on any atom is 0.407 e. The molecule has 184 valence electrons. The van der Waals surface area contributed by atoms with Crippen LogP contribution in [-0.2, 0) is 10.2 Å². The van der Waals surface area contributed by atoms with Crippen molar-refractivity contribution in [2.24, 2.45) is 0 Å². The summed E-state index contributed by atoms with van der Waals surface area (Å²) in [4.78, 5) is 19.8. The minimum Gasteiger partial charge on any atom is -0.490 e. The van der Waals surface area contributed by atoms with Crippen molar-refractivity contribution in [3.63, 3.8) is 0 Å². The van der Waals surface area contributed by atoms with E-state index in [4.69, 9.17) is 14.2 Å². The summed E-state index contributed by atoms with van der Waals surface area (Å²) in [7, 11) is 0. The number of nitrogens with zero attached hydrogens (tertiary/aromatic N) is 2. The third kappa shape index (κ3) is 6.50. The van der Waals surface area contributed by atoms with Crippen molar-refractivity contribution in [3.8, 4) is 17.2 Å². The fourth-order valence-corrected chi connectivity index (χ4v) is 3.98. The number of hydrogen-bond donors (Lipinski definition) is 1. The van der Waals surface area contributed by atoms with Crippen LogP contribution in [0.25, 0.3) is 0 Å². The number of alkyl carbamates (subject to hydrolysis) is 1. The van der Waals surface area contributed by atoms with Crippen LogP contribution in [-0.4, -0.2) is 33.8 Å². The lowest BCUT2D eigenvalue weighted by Gasteiger charge is -2.36. The minimum atomic E-state index is -0.493. The highest BCUT2D eigenvalue weighted by molar-refractivity contribution is 5.68. The molecule has 0 atom stereocenters. The van der Waals surface area contributed by atoms with Crippen LogP contribution in [0.4, 0.5) is 4.79 Å². The van der Waals surface area contributed by atoms with Gasteiger partial charge in [0.25, 0.3) is 0 Å². The number of ether oxygens (including phenoxy) is 3. The molecule has 35 heavy (non-hydrogen) atoms. The van der Waals surface area contributed by atoms with Gasteiger partial charge < -0.3 is 19.5 Å². The summed E-state index contributed by atoms with van der Waals surface area (Å²) in [6, 6.07) is 16.4. The summed E-state index contributed by atoms with van der Waals surface area (Å²) in [5.74, 6) is 2.18. The standard InChI is InChI=1S/C28H33N3O4/c1-27(2,3)35-26(32)31-21-14-24(15-21)33-22-10-6-19(7-11-22)28(4,5)20-8-12-23(13-9-20)34-25-16-29-18-30-17-25/h6-13,16-18,21,24H,14-15H2,1-5H3,(H,31,32)/t21-,24-. The summed E-state index contributed by atoms with van der Waals surface area (Å²) in [5.41, 5.74) is 1.68. The van der Waals surface area contributed by atoms with E-state index in [1.807, 2.05) is 45.0 Å². The molecule has 7 heteroatoms. The van der Waals surface area contributed by atoms with Crippen LogP contribution in [0.2, 0.25) is 0 Å². The summed E-state index contributed by atoms with van der Waals surface area (Å²) in [5, 5.41) is 2.90. The van der Waals surface area contributed by atoms with Crippen LogP contribution < -0.4 is 14.8 Å². The van der Waals surface area contributed by atoms with Crippen LogP contribution in [0.5, 0.6) is 17.2 Å². The lowest BCUT2D eigenvalue weighted by Crippen LogP contribution is -2.50. The van der Waals surface area contributed by atoms with Crippen LogP contribution in [0, 0.1) is 0 Å². The first-order valence-corrected chi connectivity index (χ1v) is 11.9. The third-order valence-electron chi connectivity index (χ3n) is 6.04. The fourth-order valence-electron chi connectivity index (χ4n) is 3.98. The molecule has 1 heterocycles. The summed E-state index contributed by atoms with van der Waals surface area (Å²) < 4.78 is 17.2. The third-order valence-corrected chi connectivity index (χ3v) is 6.04. The van der Waals surface area contributed by atoms with Gasteiger partial charge >= 0.3 is 6.09 Å². The normalized spacial score (nSPS) is 17.7. The van der Waals surface area contributed by atoms with E-state index < -0.39 is 5.60 Å². The van der Waals surface area contributed by atoms with E-state index in [9.17, 15) is 4.79 Å². The zero-order valence-corrected chi connectivity index (χ0v) is 20.9. The van der Waals surface area contributed by atoms with Gasteiger partial charge in [0, 0.05) is 24.3 Å². The Morgan fingerprint density at radius 3 is 1.91 bits per heavy atom. The molecule has 1 fully saturated rings. The second-order valence-corrected chi connectivity index (χ2v) is 10.4. The molecule has 0 radical (unpaired) electrons. The monoisotopic (exact) mass is 475 g/mol. The molecule has 0 saturated heterocycles. The van der Waals surface area contributed by atoms with Gasteiger partial charge in [-0.25, -0.2) is 14.8 Å². The molecule has 4 rings (SSSR count). The van der Waals surface area contributed by atoms with Crippen LogP contribution in [0.1, 0.15) is 58.6 Å². The fraction of sp³-hybridized carbons (Fsp3) is 0.393. The van der Waals surface area contributed by atoms with E-state index in [1.54, 1.807) is 12.4 Å².